The molecule has 0 saturated carbocycles. The van der Waals surface area contributed by atoms with Gasteiger partial charge in [-0.3, -0.25) is 4.52 Å². The maximum atomic E-state index is 15.0. The van der Waals surface area contributed by atoms with Crippen LogP contribution in [0, 0.1) is 6.92 Å². The van der Waals surface area contributed by atoms with Crippen LogP contribution in [0.3, 0.4) is 0 Å². The van der Waals surface area contributed by atoms with Gasteiger partial charge in [-0.25, -0.2) is 27.6 Å². The van der Waals surface area contributed by atoms with Gasteiger partial charge in [-0.05, 0) is 19.1 Å². The third-order valence-electron chi connectivity index (χ3n) is 4.62. The van der Waals surface area contributed by atoms with Crippen LogP contribution in [0.15, 0.2) is 31.1 Å². The van der Waals surface area contributed by atoms with E-state index in [2.05, 4.69) is 29.8 Å². The average molecular weight is 533 g/mol. The number of hydrogen-bond donors (Lipinski definition) is 5. The molecule has 6 atom stereocenters. The molecule has 184 valence electrons. The predicted molar refractivity (Wildman–Crippen MR) is 105 cm³/mol. The molecule has 1 saturated heterocycles. The maximum Gasteiger partial charge on any atom is 0.490 e. The number of nitrogens with zero attached hydrogens (tertiary/aromatic N) is 3. The second kappa shape index (κ2) is 9.00. The Hall–Kier alpha value is -1.38. The van der Waals surface area contributed by atoms with Gasteiger partial charge in [-0.15, -0.1) is 6.58 Å². The molecule has 0 bridgehead atoms. The number of aliphatic hydroxyl groups excluding tert-OH is 1. The van der Waals surface area contributed by atoms with Gasteiger partial charge in [0, 0.05) is 0 Å². The third-order valence-corrected chi connectivity index (χ3v) is 8.40. The molecule has 19 heteroatoms. The first-order valence-electron chi connectivity index (χ1n) is 8.81. The first kappa shape index (κ1) is 26.2. The van der Waals surface area contributed by atoms with Gasteiger partial charge >= 0.3 is 23.5 Å². The summed E-state index contributed by atoms with van der Waals surface area (Å²) in [4.78, 5) is 40.0. The summed E-state index contributed by atoms with van der Waals surface area (Å²) in [6, 6.07) is 3.07. The molecular formula is C14H19FN3O12P3. The van der Waals surface area contributed by atoms with E-state index in [0.717, 1.165) is 6.08 Å². The molecule has 2 aromatic heterocycles. The largest absolute Gasteiger partial charge is 0.490 e. The number of ether oxygens (including phenoxy) is 1. The number of aryl methyl sites for hydroxylation is 1. The molecule has 1 aliphatic heterocycles. The highest BCUT2D eigenvalue weighted by atomic mass is 31.3. The van der Waals surface area contributed by atoms with Crippen molar-refractivity contribution in [3.8, 4) is 0 Å². The number of phosphoric ester groups is 1. The van der Waals surface area contributed by atoms with Crippen LogP contribution in [0.1, 0.15) is 17.5 Å². The molecule has 3 heterocycles. The Bertz CT molecular complexity index is 1200. The second-order valence-corrected chi connectivity index (χ2v) is 11.3. The molecule has 2 aromatic rings. The first-order valence-corrected chi connectivity index (χ1v) is 13.3. The van der Waals surface area contributed by atoms with Gasteiger partial charge < -0.3 is 29.4 Å². The third kappa shape index (κ3) is 5.65. The zero-order valence-electron chi connectivity index (χ0n) is 16.6. The van der Waals surface area contributed by atoms with Crippen molar-refractivity contribution in [1.29, 1.82) is 0 Å². The van der Waals surface area contributed by atoms with Gasteiger partial charge in [0.05, 0.1) is 23.5 Å². The zero-order valence-corrected chi connectivity index (χ0v) is 19.3. The smallest absolute Gasteiger partial charge is 0.386 e. The van der Waals surface area contributed by atoms with E-state index in [1.807, 2.05) is 0 Å². The van der Waals surface area contributed by atoms with Crippen LogP contribution in [-0.2, 0) is 31.6 Å². The summed E-state index contributed by atoms with van der Waals surface area (Å²) in [5.74, 6) is 0. The number of alkyl halides is 1. The van der Waals surface area contributed by atoms with Crippen LogP contribution in [0.2, 0.25) is 0 Å². The van der Waals surface area contributed by atoms with Gasteiger partial charge in [0.2, 0.25) is 0 Å². The van der Waals surface area contributed by atoms with E-state index in [0.29, 0.717) is 11.2 Å². The lowest BCUT2D eigenvalue weighted by atomic mass is 9.96. The highest BCUT2D eigenvalue weighted by molar-refractivity contribution is 7.66. The van der Waals surface area contributed by atoms with Crippen molar-refractivity contribution < 1.29 is 60.6 Å². The van der Waals surface area contributed by atoms with Crippen LogP contribution in [0.25, 0.3) is 5.52 Å². The van der Waals surface area contributed by atoms with Crippen LogP contribution in [0.4, 0.5) is 4.39 Å². The Morgan fingerprint density at radius 1 is 1.24 bits per heavy atom. The van der Waals surface area contributed by atoms with Gasteiger partial charge in [-0.1, -0.05) is 6.08 Å². The van der Waals surface area contributed by atoms with Gasteiger partial charge in [0.15, 0.2) is 6.17 Å². The van der Waals surface area contributed by atoms with Crippen LogP contribution < -0.4 is 0 Å². The molecule has 0 amide bonds. The summed E-state index contributed by atoms with van der Waals surface area (Å²) in [6.07, 6.45) is -3.41. The number of phosphoric acid groups is 3. The molecule has 15 nitrogen and oxygen atoms in total. The average Bonchev–Trinajstić information content (AvgIpc) is 3.19. The van der Waals surface area contributed by atoms with Crippen LogP contribution in [-0.4, -0.2) is 63.8 Å². The standard InChI is InChI=1S/C14H19FN3O12P3/c1-3-14(6-27-32(23,24)30-33(25,26)29-31(20,21)22)13(19)11(15)12(28-14)10-5-4-9-8(2)16-7-17-18(9)10/h3-5,7,11-13,19H,1,6H2,2H3,(H,23,24)(H,25,26)(H2,20,21,22)/t11-,12-,13-,14+/m0/s1. The van der Waals surface area contributed by atoms with E-state index < -0.39 is 54.1 Å². The summed E-state index contributed by atoms with van der Waals surface area (Å²) in [6.45, 7) is 3.98. The number of aromatic nitrogens is 3. The quantitative estimate of drug-likeness (QED) is 0.225. The number of hydrogen-bond acceptors (Lipinski definition) is 10. The van der Waals surface area contributed by atoms with Crippen LogP contribution in [0.5, 0.6) is 0 Å². The lowest BCUT2D eigenvalue weighted by molar-refractivity contribution is -0.0780. The van der Waals surface area contributed by atoms with Crippen molar-refractivity contribution in [2.45, 2.75) is 30.9 Å². The van der Waals surface area contributed by atoms with E-state index in [9.17, 15) is 28.6 Å². The SMILES string of the molecule is C=C[C@]1(COP(=O)(O)OP(=O)(O)OP(=O)(O)O)O[C@@H](c2ccc3c(C)ncnn23)[C@H](F)[C@@H]1O. The molecule has 0 aromatic carbocycles. The van der Waals surface area contributed by atoms with E-state index >= 15 is 4.39 Å². The molecule has 1 aliphatic rings. The summed E-state index contributed by atoms with van der Waals surface area (Å²) in [5, 5.41) is 14.5. The van der Waals surface area contributed by atoms with Gasteiger partial charge in [0.1, 0.15) is 24.1 Å². The fourth-order valence-corrected chi connectivity index (χ4v) is 6.21. The Morgan fingerprint density at radius 3 is 2.52 bits per heavy atom. The van der Waals surface area contributed by atoms with Crippen molar-refractivity contribution in [1.82, 2.24) is 14.6 Å². The number of halogens is 1. The first-order chi connectivity index (χ1) is 15.1. The number of aliphatic hydroxyl groups is 1. The maximum absolute atomic E-state index is 15.0. The molecule has 1 fully saturated rings. The van der Waals surface area contributed by atoms with Crippen molar-refractivity contribution in [3.63, 3.8) is 0 Å². The summed E-state index contributed by atoms with van der Waals surface area (Å²) in [7, 11) is -16.9. The van der Waals surface area contributed by atoms with Crippen molar-refractivity contribution in [2.24, 2.45) is 0 Å². The zero-order chi connectivity index (χ0) is 24.8. The number of rotatable bonds is 9. The predicted octanol–water partition coefficient (Wildman–Crippen LogP) is 1.08. The van der Waals surface area contributed by atoms with Gasteiger partial charge in [-0.2, -0.15) is 13.7 Å². The minimum Gasteiger partial charge on any atom is -0.386 e. The minimum atomic E-state index is -5.76. The second-order valence-electron chi connectivity index (χ2n) is 6.85. The molecule has 0 aliphatic carbocycles. The molecule has 0 spiro atoms. The number of fused-ring (bicyclic) bond motifs is 1. The van der Waals surface area contributed by atoms with Crippen molar-refractivity contribution in [3.05, 3.63) is 42.5 Å². The fraction of sp³-hybridized carbons (Fsp3) is 0.429. The minimum absolute atomic E-state index is 0.170. The molecule has 0 radical (unpaired) electrons. The normalized spacial score (nSPS) is 29.6. The lowest BCUT2D eigenvalue weighted by Crippen LogP contribution is -2.44. The van der Waals surface area contributed by atoms with E-state index in [1.54, 1.807) is 13.0 Å². The van der Waals surface area contributed by atoms with Crippen LogP contribution >= 0.6 is 23.5 Å². The monoisotopic (exact) mass is 533 g/mol. The summed E-state index contributed by atoms with van der Waals surface area (Å²) >= 11 is 0. The summed E-state index contributed by atoms with van der Waals surface area (Å²) in [5.41, 5.74) is -0.860. The van der Waals surface area contributed by atoms with Gasteiger partial charge in [0.25, 0.3) is 0 Å². The van der Waals surface area contributed by atoms with Crippen molar-refractivity contribution >= 4 is 29.0 Å². The Balaban J connectivity index is 1.81. The Kier molecular flexibility index (Phi) is 7.16. The Labute approximate surface area is 184 Å². The topological polar surface area (TPSA) is 219 Å². The fourth-order valence-electron chi connectivity index (χ4n) is 3.16. The highest BCUT2D eigenvalue weighted by Crippen LogP contribution is 2.66. The van der Waals surface area contributed by atoms with E-state index in [4.69, 9.17) is 14.5 Å². The summed E-state index contributed by atoms with van der Waals surface area (Å²) < 4.78 is 67.8. The lowest BCUT2D eigenvalue weighted by Gasteiger charge is -2.28. The van der Waals surface area contributed by atoms with Crippen molar-refractivity contribution in [2.75, 3.05) is 6.61 Å². The molecule has 2 unspecified atom stereocenters. The molecule has 33 heavy (non-hydrogen) atoms. The molecule has 3 rings (SSSR count). The highest BCUT2D eigenvalue weighted by Gasteiger charge is 2.56. The molecule has 5 N–H and O–H groups in total. The van der Waals surface area contributed by atoms with E-state index in [1.165, 1.54) is 16.9 Å². The molecular weight excluding hydrogens is 514 g/mol. The Morgan fingerprint density at radius 2 is 1.91 bits per heavy atom. The van der Waals surface area contributed by atoms with E-state index in [-0.39, 0.29) is 5.69 Å².